The van der Waals surface area contributed by atoms with Crippen LogP contribution in [0.5, 0.6) is 11.5 Å². The highest BCUT2D eigenvalue weighted by Crippen LogP contribution is 2.41. The molecule has 1 N–H and O–H groups in total. The van der Waals surface area contributed by atoms with E-state index in [2.05, 4.69) is 4.98 Å². The van der Waals surface area contributed by atoms with Crippen molar-refractivity contribution >= 4 is 29.6 Å². The Hall–Kier alpha value is -3.85. The van der Waals surface area contributed by atoms with Crippen molar-refractivity contribution in [3.8, 4) is 11.5 Å². The Kier molecular flexibility index (Phi) is 9.30. The fourth-order valence-electron chi connectivity index (χ4n) is 3.93. The number of carbonyl (C=O) groups is 3. The van der Waals surface area contributed by atoms with Gasteiger partial charge in [0.25, 0.3) is 5.91 Å². The third-order valence-electron chi connectivity index (χ3n) is 5.83. The lowest BCUT2D eigenvalue weighted by Crippen LogP contribution is -2.50. The molecule has 0 spiro atoms. The largest absolute Gasteiger partial charge is 0.493 e. The van der Waals surface area contributed by atoms with Crippen LogP contribution in [0.4, 0.5) is 0 Å². The molecular weight excluding hydrogens is 492 g/mol. The van der Waals surface area contributed by atoms with E-state index in [9.17, 15) is 19.5 Å². The average molecular weight is 523 g/mol. The minimum atomic E-state index is -1.20. The summed E-state index contributed by atoms with van der Waals surface area (Å²) in [7, 11) is 1.38. The van der Waals surface area contributed by atoms with E-state index in [-0.39, 0.29) is 22.4 Å². The summed E-state index contributed by atoms with van der Waals surface area (Å²) in [5.41, 5.74) is 1.81. The number of hydrogen-bond donors (Lipinski definition) is 1. The first kappa shape index (κ1) is 27.7. The number of nitrogens with zero attached hydrogens (tertiary/aromatic N) is 2. The fraction of sp³-hybridized carbons (Fsp3) is 0.286. The lowest BCUT2D eigenvalue weighted by atomic mass is 10.0. The van der Waals surface area contributed by atoms with Crippen molar-refractivity contribution in [1.29, 1.82) is 0 Å². The van der Waals surface area contributed by atoms with E-state index in [0.29, 0.717) is 0 Å². The highest BCUT2D eigenvalue weighted by molar-refractivity contribution is 7.99. The zero-order valence-electron chi connectivity index (χ0n) is 21.4. The molecule has 2 aromatic carbocycles. The molecular formula is C28H30N2O6S. The van der Waals surface area contributed by atoms with Gasteiger partial charge in [-0.1, -0.05) is 48.0 Å². The number of esters is 1. The molecule has 1 amide bonds. The van der Waals surface area contributed by atoms with E-state index in [1.807, 2.05) is 68.4 Å². The van der Waals surface area contributed by atoms with Crippen molar-refractivity contribution in [1.82, 2.24) is 9.88 Å². The first-order valence-electron chi connectivity index (χ1n) is 11.7. The van der Waals surface area contributed by atoms with E-state index in [0.717, 1.165) is 16.0 Å². The molecule has 37 heavy (non-hydrogen) atoms. The summed E-state index contributed by atoms with van der Waals surface area (Å²) in [6.45, 7) is 6.44. The van der Waals surface area contributed by atoms with Crippen molar-refractivity contribution in [2.45, 2.75) is 49.9 Å². The molecule has 194 valence electrons. The highest BCUT2D eigenvalue weighted by Gasteiger charge is 2.38. The summed E-state index contributed by atoms with van der Waals surface area (Å²) in [4.78, 5) is 44.4. The normalized spacial score (nSPS) is 13.2. The van der Waals surface area contributed by atoms with Gasteiger partial charge in [-0.2, -0.15) is 0 Å². The molecule has 3 unspecified atom stereocenters. The van der Waals surface area contributed by atoms with Crippen LogP contribution >= 0.6 is 11.8 Å². The number of thioether (sulfide) groups is 1. The van der Waals surface area contributed by atoms with Crippen LogP contribution in [0.25, 0.3) is 0 Å². The zero-order valence-corrected chi connectivity index (χ0v) is 22.2. The van der Waals surface area contributed by atoms with Gasteiger partial charge in [0, 0.05) is 30.1 Å². The number of pyridine rings is 1. The molecule has 0 fully saturated rings. The minimum absolute atomic E-state index is 0.137. The molecule has 0 saturated carbocycles. The molecule has 9 heteroatoms. The first-order chi connectivity index (χ1) is 17.6. The van der Waals surface area contributed by atoms with Crippen molar-refractivity contribution in [3.05, 3.63) is 83.7 Å². The molecule has 3 atom stereocenters. The molecule has 1 heterocycles. The number of carboxylic acids is 1. The molecule has 0 aliphatic heterocycles. The van der Waals surface area contributed by atoms with Crippen LogP contribution in [0.3, 0.4) is 0 Å². The second-order valence-electron chi connectivity index (χ2n) is 8.51. The Morgan fingerprint density at radius 2 is 1.65 bits per heavy atom. The van der Waals surface area contributed by atoms with Gasteiger partial charge in [0.1, 0.15) is 6.04 Å². The standard InChI is InChI=1S/C28H30N2O6S/c1-17-11-13-21(14-12-17)26(37-22-9-7-6-8-10-22)18(2)30(19(3)28(33)34)27(32)24-25(36-20(4)31)23(35-5)15-16-29-24/h6-16,18-19,26H,1-5H3,(H,33,34). The topological polar surface area (TPSA) is 106 Å². The smallest absolute Gasteiger partial charge is 0.326 e. The van der Waals surface area contributed by atoms with Crippen LogP contribution < -0.4 is 9.47 Å². The van der Waals surface area contributed by atoms with Gasteiger partial charge in [-0.05, 0) is 38.5 Å². The Bertz CT molecular complexity index is 1250. The number of carboxylic acid groups (broad SMARTS) is 1. The van der Waals surface area contributed by atoms with Gasteiger partial charge in [-0.25, -0.2) is 9.78 Å². The number of ether oxygens (including phenoxy) is 2. The Morgan fingerprint density at radius 1 is 1.00 bits per heavy atom. The SMILES string of the molecule is COc1ccnc(C(=O)N(C(C)C(=O)O)C(C)C(Sc2ccccc2)c2ccc(C)cc2)c1OC(C)=O. The van der Waals surface area contributed by atoms with Crippen LogP contribution in [-0.2, 0) is 9.59 Å². The van der Waals surface area contributed by atoms with Crippen molar-refractivity contribution in [2.24, 2.45) is 0 Å². The quantitative estimate of drug-likeness (QED) is 0.287. The molecule has 3 aromatic rings. The number of carbonyl (C=O) groups excluding carboxylic acids is 2. The van der Waals surface area contributed by atoms with Crippen LogP contribution in [0.15, 0.2) is 71.8 Å². The van der Waals surface area contributed by atoms with E-state index in [1.54, 1.807) is 0 Å². The maximum Gasteiger partial charge on any atom is 0.326 e. The third-order valence-corrected chi connectivity index (χ3v) is 7.30. The van der Waals surface area contributed by atoms with Gasteiger partial charge in [-0.15, -0.1) is 11.8 Å². The monoisotopic (exact) mass is 522 g/mol. The third kappa shape index (κ3) is 6.68. The molecule has 1 aromatic heterocycles. The molecule has 0 aliphatic carbocycles. The van der Waals surface area contributed by atoms with Gasteiger partial charge in [0.05, 0.1) is 12.4 Å². The van der Waals surface area contributed by atoms with Crippen molar-refractivity contribution < 1.29 is 29.0 Å². The zero-order chi connectivity index (χ0) is 27.1. The van der Waals surface area contributed by atoms with Gasteiger partial charge >= 0.3 is 11.9 Å². The van der Waals surface area contributed by atoms with E-state index < -0.39 is 29.9 Å². The number of aryl methyl sites for hydroxylation is 1. The van der Waals surface area contributed by atoms with Crippen LogP contribution in [0.2, 0.25) is 0 Å². The van der Waals surface area contributed by atoms with E-state index in [1.165, 1.54) is 49.9 Å². The van der Waals surface area contributed by atoms with Gasteiger partial charge < -0.3 is 19.5 Å². The number of rotatable bonds is 10. The predicted molar refractivity (Wildman–Crippen MR) is 141 cm³/mol. The number of aliphatic carboxylic acids is 1. The second-order valence-corrected chi connectivity index (χ2v) is 9.73. The summed E-state index contributed by atoms with van der Waals surface area (Å²) >= 11 is 1.53. The van der Waals surface area contributed by atoms with Crippen LogP contribution in [0, 0.1) is 6.92 Å². The lowest BCUT2D eigenvalue weighted by Gasteiger charge is -2.37. The Morgan fingerprint density at radius 3 is 2.22 bits per heavy atom. The van der Waals surface area contributed by atoms with E-state index >= 15 is 0 Å². The summed E-state index contributed by atoms with van der Waals surface area (Å²) in [5.74, 6) is -2.55. The molecule has 8 nitrogen and oxygen atoms in total. The summed E-state index contributed by atoms with van der Waals surface area (Å²) < 4.78 is 10.6. The number of amides is 1. The van der Waals surface area contributed by atoms with Crippen molar-refractivity contribution in [2.75, 3.05) is 7.11 Å². The van der Waals surface area contributed by atoms with Crippen molar-refractivity contribution in [3.63, 3.8) is 0 Å². The van der Waals surface area contributed by atoms with Crippen LogP contribution in [-0.4, -0.2) is 52.0 Å². The second kappa shape index (κ2) is 12.4. The lowest BCUT2D eigenvalue weighted by molar-refractivity contribution is -0.142. The summed E-state index contributed by atoms with van der Waals surface area (Å²) in [6, 6.07) is 17.3. The maximum atomic E-state index is 14.0. The minimum Gasteiger partial charge on any atom is -0.493 e. The Balaban J connectivity index is 2.13. The fourth-order valence-corrected chi connectivity index (χ4v) is 5.16. The average Bonchev–Trinajstić information content (AvgIpc) is 2.88. The maximum absolute atomic E-state index is 14.0. The van der Waals surface area contributed by atoms with Gasteiger partial charge in [-0.3, -0.25) is 9.59 Å². The first-order valence-corrected chi connectivity index (χ1v) is 12.6. The molecule has 0 bridgehead atoms. The van der Waals surface area contributed by atoms with Crippen LogP contribution in [0.1, 0.15) is 47.6 Å². The van der Waals surface area contributed by atoms with Gasteiger partial charge in [0.2, 0.25) is 5.75 Å². The number of aromatic nitrogens is 1. The predicted octanol–water partition coefficient (Wildman–Crippen LogP) is 5.16. The summed E-state index contributed by atoms with van der Waals surface area (Å²) in [5, 5.41) is 9.64. The van der Waals surface area contributed by atoms with E-state index in [4.69, 9.17) is 9.47 Å². The number of benzene rings is 2. The molecule has 0 radical (unpaired) electrons. The molecule has 3 rings (SSSR count). The number of methoxy groups -OCH3 is 1. The molecule has 0 aliphatic rings. The number of hydrogen-bond acceptors (Lipinski definition) is 7. The Labute approximate surface area is 220 Å². The highest BCUT2D eigenvalue weighted by atomic mass is 32.2. The van der Waals surface area contributed by atoms with Gasteiger partial charge in [0.15, 0.2) is 11.4 Å². The summed E-state index contributed by atoms with van der Waals surface area (Å²) in [6.07, 6.45) is 1.35. The molecule has 0 saturated heterocycles.